The molecular formula is C41H43FO10. The van der Waals surface area contributed by atoms with Gasteiger partial charge in [0.1, 0.15) is 54.9 Å². The van der Waals surface area contributed by atoms with Crippen LogP contribution in [0.5, 0.6) is 0 Å². The van der Waals surface area contributed by atoms with E-state index in [0.29, 0.717) is 6.61 Å². The van der Waals surface area contributed by atoms with Crippen molar-refractivity contribution in [1.82, 2.24) is 0 Å². The van der Waals surface area contributed by atoms with Gasteiger partial charge in [0.15, 0.2) is 12.5 Å². The van der Waals surface area contributed by atoms with Gasteiger partial charge in [-0.1, -0.05) is 121 Å². The minimum absolute atomic E-state index is 0.127. The predicted octanol–water partition coefficient (Wildman–Crippen LogP) is 5.25. The van der Waals surface area contributed by atoms with Crippen LogP contribution in [0.4, 0.5) is 4.39 Å². The van der Waals surface area contributed by atoms with E-state index in [1.807, 2.05) is 121 Å². The average molecular weight is 715 g/mol. The van der Waals surface area contributed by atoms with Crippen LogP contribution in [0.15, 0.2) is 121 Å². The first kappa shape index (κ1) is 35.4. The third-order valence-electron chi connectivity index (χ3n) is 9.89. The molecule has 4 aromatic rings. The van der Waals surface area contributed by atoms with Crippen LogP contribution in [-0.4, -0.2) is 85.6 Å². The molecule has 1 aliphatic carbocycles. The Kier molecular flexibility index (Phi) is 11.3. The van der Waals surface area contributed by atoms with Crippen molar-refractivity contribution in [3.8, 4) is 0 Å². The molecule has 0 aromatic heterocycles. The number of hydrogen-bond acceptors (Lipinski definition) is 10. The van der Waals surface area contributed by atoms with Crippen LogP contribution in [0.2, 0.25) is 0 Å². The number of halogens is 1. The van der Waals surface area contributed by atoms with Crippen molar-refractivity contribution < 1.29 is 52.1 Å². The van der Waals surface area contributed by atoms with Crippen molar-refractivity contribution in [2.45, 2.75) is 100 Å². The second-order valence-corrected chi connectivity index (χ2v) is 13.5. The lowest BCUT2D eigenvalue weighted by Gasteiger charge is -2.57. The van der Waals surface area contributed by atoms with Crippen LogP contribution >= 0.6 is 0 Å². The van der Waals surface area contributed by atoms with Gasteiger partial charge in [0.05, 0.1) is 33.0 Å². The van der Waals surface area contributed by atoms with Crippen LogP contribution in [0, 0.1) is 0 Å². The van der Waals surface area contributed by atoms with Crippen molar-refractivity contribution in [3.63, 3.8) is 0 Å². The molecule has 5 aliphatic rings. The summed E-state index contributed by atoms with van der Waals surface area (Å²) in [4.78, 5) is 0. The number of hydrogen-bond donors (Lipinski definition) is 1. The van der Waals surface area contributed by atoms with Gasteiger partial charge in [0.25, 0.3) is 6.48 Å². The van der Waals surface area contributed by atoms with Crippen LogP contribution < -0.4 is 0 Å². The van der Waals surface area contributed by atoms with Crippen LogP contribution in [0.1, 0.15) is 22.3 Å². The number of ether oxygens (including phenoxy) is 9. The average Bonchev–Trinajstić information content (AvgIpc) is 3.19. The molecule has 52 heavy (non-hydrogen) atoms. The zero-order chi connectivity index (χ0) is 35.3. The lowest BCUT2D eigenvalue weighted by atomic mass is 9.83. The van der Waals surface area contributed by atoms with Gasteiger partial charge in [-0.05, 0) is 22.3 Å². The van der Waals surface area contributed by atoms with Gasteiger partial charge in [-0.25, -0.2) is 4.39 Å². The number of rotatable bonds is 15. The number of aliphatic hydroxyl groups excluding tert-OH is 1. The fourth-order valence-electron chi connectivity index (χ4n) is 7.24. The third-order valence-corrected chi connectivity index (χ3v) is 9.89. The second-order valence-electron chi connectivity index (χ2n) is 13.5. The Bertz CT molecular complexity index is 1650. The SMILES string of the molecule is O[C@H]1[C@H]2OC3O[C@H]([C@H]2F)[C@H](O[C@@H]2O[C@H](COCc4ccccc4)[C@@H](OCc4ccccc4)[C@H](OCc4ccccc4)[C@H]2OCc2ccccc2)[C@H]1O3. The first-order chi connectivity index (χ1) is 25.6. The van der Waals surface area contributed by atoms with E-state index in [2.05, 4.69) is 0 Å². The number of benzene rings is 4. The van der Waals surface area contributed by atoms with Gasteiger partial charge in [0.2, 0.25) is 0 Å². The Morgan fingerprint density at radius 1 is 0.500 bits per heavy atom. The minimum atomic E-state index is -1.64. The monoisotopic (exact) mass is 714 g/mol. The molecule has 0 radical (unpaired) electrons. The Morgan fingerprint density at radius 2 is 0.962 bits per heavy atom. The molecule has 4 aliphatic heterocycles. The normalized spacial score (nSPS) is 33.7. The highest BCUT2D eigenvalue weighted by molar-refractivity contribution is 5.17. The molecule has 11 heteroatoms. The molecule has 0 amide bonds. The lowest BCUT2D eigenvalue weighted by molar-refractivity contribution is -0.487. The summed E-state index contributed by atoms with van der Waals surface area (Å²) < 4.78 is 72.5. The standard InChI is InChI=1S/C41H43FO10/c42-31-34-32(43)36-38(35(31)51-41(50-34)52-36)49-40-39(47-24-29-19-11-4-12-20-29)37(46-23-28-17-9-3-10-18-28)33(45-22-27-15-7-2-8-16-27)30(48-40)25-44-21-26-13-5-1-6-14-26/h1-20,30-41,43H,21-25H2/t30-,31+,32+,33-,34+,35-,36+,37+,38+,39-,40+,41?/m1/s1. The molecule has 12 atom stereocenters. The number of alkyl halides is 1. The van der Waals surface area contributed by atoms with Gasteiger partial charge in [0, 0.05) is 0 Å². The summed E-state index contributed by atoms with van der Waals surface area (Å²) >= 11 is 0. The summed E-state index contributed by atoms with van der Waals surface area (Å²) in [7, 11) is 0. The van der Waals surface area contributed by atoms with Gasteiger partial charge in [-0.15, -0.1) is 0 Å². The van der Waals surface area contributed by atoms with E-state index in [9.17, 15) is 5.11 Å². The van der Waals surface area contributed by atoms with E-state index in [4.69, 9.17) is 42.6 Å². The molecule has 4 aromatic carbocycles. The minimum Gasteiger partial charge on any atom is -0.387 e. The molecule has 0 spiro atoms. The van der Waals surface area contributed by atoms with Gasteiger partial charge < -0.3 is 47.7 Å². The highest BCUT2D eigenvalue weighted by Crippen LogP contribution is 2.44. The zero-order valence-corrected chi connectivity index (χ0v) is 28.5. The highest BCUT2D eigenvalue weighted by Gasteiger charge is 2.64. The Balaban J connectivity index is 1.12. The molecule has 274 valence electrons. The van der Waals surface area contributed by atoms with E-state index in [-0.39, 0.29) is 26.4 Å². The quantitative estimate of drug-likeness (QED) is 0.176. The van der Waals surface area contributed by atoms with E-state index in [1.54, 1.807) is 0 Å². The third kappa shape index (κ3) is 7.99. The zero-order valence-electron chi connectivity index (χ0n) is 28.5. The second kappa shape index (κ2) is 16.6. The van der Waals surface area contributed by atoms with Crippen LogP contribution in [0.25, 0.3) is 0 Å². The number of aliphatic hydroxyl groups is 1. The summed E-state index contributed by atoms with van der Waals surface area (Å²) in [6, 6.07) is 39.3. The topological polar surface area (TPSA) is 103 Å². The van der Waals surface area contributed by atoms with Crippen molar-refractivity contribution >= 4 is 0 Å². The van der Waals surface area contributed by atoms with Gasteiger partial charge >= 0.3 is 0 Å². The van der Waals surface area contributed by atoms with E-state index < -0.39 is 73.9 Å². The van der Waals surface area contributed by atoms with Crippen molar-refractivity contribution in [2.24, 2.45) is 0 Å². The fourth-order valence-corrected chi connectivity index (χ4v) is 7.24. The Hall–Kier alpha value is -3.59. The van der Waals surface area contributed by atoms with Crippen molar-refractivity contribution in [2.75, 3.05) is 6.61 Å². The molecule has 5 fully saturated rings. The fraction of sp³-hybridized carbons (Fsp3) is 0.415. The smallest absolute Gasteiger partial charge is 0.273 e. The van der Waals surface area contributed by atoms with E-state index in [1.165, 1.54) is 0 Å². The van der Waals surface area contributed by atoms with Gasteiger partial charge in [-0.2, -0.15) is 0 Å². The highest BCUT2D eigenvalue weighted by atomic mass is 19.1. The molecule has 9 rings (SSSR count). The summed E-state index contributed by atoms with van der Waals surface area (Å²) in [5.41, 5.74) is 3.86. The maximum absolute atomic E-state index is 15.6. The van der Waals surface area contributed by atoms with Crippen LogP contribution in [-0.2, 0) is 69.1 Å². The molecule has 1 unspecified atom stereocenters. The summed E-state index contributed by atoms with van der Waals surface area (Å²) in [6.07, 6.45) is -11.1. The lowest BCUT2D eigenvalue weighted by Crippen LogP contribution is -2.75. The summed E-state index contributed by atoms with van der Waals surface area (Å²) in [5, 5.41) is 11.0. The molecule has 1 saturated carbocycles. The van der Waals surface area contributed by atoms with E-state index in [0.717, 1.165) is 22.3 Å². The molecule has 1 N–H and O–H groups in total. The molecule has 4 saturated heterocycles. The Morgan fingerprint density at radius 3 is 1.52 bits per heavy atom. The maximum Gasteiger partial charge on any atom is 0.273 e. The molecule has 4 bridgehead atoms. The summed E-state index contributed by atoms with van der Waals surface area (Å²) in [5.74, 6) is 0. The Labute approximate surface area is 302 Å². The molecule has 4 heterocycles. The van der Waals surface area contributed by atoms with E-state index >= 15 is 4.39 Å². The first-order valence-electron chi connectivity index (χ1n) is 17.8. The van der Waals surface area contributed by atoms with Crippen molar-refractivity contribution in [3.05, 3.63) is 144 Å². The predicted molar refractivity (Wildman–Crippen MR) is 184 cm³/mol. The molecular weight excluding hydrogens is 671 g/mol. The summed E-state index contributed by atoms with van der Waals surface area (Å²) in [6.45, 7) is 0.121. The largest absolute Gasteiger partial charge is 0.387 e. The first-order valence-corrected chi connectivity index (χ1v) is 17.8. The van der Waals surface area contributed by atoms with Crippen LogP contribution in [0.3, 0.4) is 0 Å². The van der Waals surface area contributed by atoms with Crippen molar-refractivity contribution in [1.29, 1.82) is 0 Å². The maximum atomic E-state index is 15.6. The molecule has 10 nitrogen and oxygen atoms in total. The van der Waals surface area contributed by atoms with Gasteiger partial charge in [-0.3, -0.25) is 0 Å².